The maximum Gasteiger partial charge on any atom is 0.341 e. The van der Waals surface area contributed by atoms with Gasteiger partial charge in [-0.3, -0.25) is 9.59 Å². The van der Waals surface area contributed by atoms with Gasteiger partial charge in [0.15, 0.2) is 0 Å². The Labute approximate surface area is 192 Å². The number of ether oxygens (including phenoxy) is 1. The van der Waals surface area contributed by atoms with Gasteiger partial charge in [-0.1, -0.05) is 6.92 Å². The Kier molecular flexibility index (Phi) is 5.75. The summed E-state index contributed by atoms with van der Waals surface area (Å²) in [6.07, 6.45) is 3.06. The molecular formula is C25H31FN2O5. The van der Waals surface area contributed by atoms with Crippen LogP contribution in [0.25, 0.3) is 10.9 Å². The Balaban J connectivity index is 1.74. The van der Waals surface area contributed by atoms with Gasteiger partial charge in [-0.25, -0.2) is 9.18 Å². The number of carboxylic acid groups (broad SMARTS) is 1. The second-order valence-corrected chi connectivity index (χ2v) is 10.5. The lowest BCUT2D eigenvalue weighted by molar-refractivity contribution is -0.162. The molecule has 0 spiro atoms. The third-order valence-corrected chi connectivity index (χ3v) is 6.87. The molecule has 1 saturated heterocycles. The first-order valence-electron chi connectivity index (χ1n) is 11.5. The second-order valence-electron chi connectivity index (χ2n) is 10.5. The lowest BCUT2D eigenvalue weighted by atomic mass is 9.90. The van der Waals surface area contributed by atoms with E-state index in [9.17, 15) is 19.5 Å². The van der Waals surface area contributed by atoms with Gasteiger partial charge in [-0.15, -0.1) is 0 Å². The molecule has 2 unspecified atom stereocenters. The van der Waals surface area contributed by atoms with Crippen molar-refractivity contribution >= 4 is 28.5 Å². The van der Waals surface area contributed by atoms with Crippen molar-refractivity contribution in [2.75, 3.05) is 18.0 Å². The molecule has 2 aliphatic rings. The van der Waals surface area contributed by atoms with E-state index in [4.69, 9.17) is 4.74 Å². The lowest BCUT2D eigenvalue weighted by Crippen LogP contribution is -2.45. The zero-order valence-corrected chi connectivity index (χ0v) is 19.8. The number of carboxylic acids is 1. The van der Waals surface area contributed by atoms with Crippen molar-refractivity contribution in [1.82, 2.24) is 4.57 Å². The number of anilines is 1. The van der Waals surface area contributed by atoms with Gasteiger partial charge >= 0.3 is 11.9 Å². The van der Waals surface area contributed by atoms with Gasteiger partial charge in [0, 0.05) is 48.6 Å². The minimum absolute atomic E-state index is 0.00141. The zero-order valence-electron chi connectivity index (χ0n) is 19.8. The second kappa shape index (κ2) is 8.15. The quantitative estimate of drug-likeness (QED) is 0.695. The SMILES string of the molecule is CC1CN(c2c(F)cc3c(=O)c(C(=O)O)cn4c3c2CC[C@@H]4C)CCC1OC(=O)C(C)(C)C. The molecule has 0 saturated carbocycles. The molecule has 3 heterocycles. The van der Waals surface area contributed by atoms with Crippen molar-refractivity contribution in [3.63, 3.8) is 0 Å². The van der Waals surface area contributed by atoms with E-state index in [1.54, 1.807) is 0 Å². The topological polar surface area (TPSA) is 88.8 Å². The van der Waals surface area contributed by atoms with E-state index in [2.05, 4.69) is 0 Å². The predicted molar refractivity (Wildman–Crippen MR) is 123 cm³/mol. The molecule has 8 heteroatoms. The maximum atomic E-state index is 15.5. The van der Waals surface area contributed by atoms with Crippen LogP contribution in [-0.2, 0) is 16.0 Å². The van der Waals surface area contributed by atoms with Crippen molar-refractivity contribution in [3.05, 3.63) is 39.4 Å². The standard InChI is InChI=1S/C25H31FN2O5/c1-13-11-27(9-8-19(13)33-24(32)25(3,4)5)21-15-7-6-14(2)28-12-17(23(30)31)22(29)16(20(15)28)10-18(21)26/h10,12-14,19H,6-9,11H2,1-5H3,(H,30,31)/t13?,14-,19?/m0/s1. The van der Waals surface area contributed by atoms with Crippen molar-refractivity contribution in [1.29, 1.82) is 0 Å². The van der Waals surface area contributed by atoms with Crippen molar-refractivity contribution in [3.8, 4) is 0 Å². The first-order valence-corrected chi connectivity index (χ1v) is 11.5. The number of aromatic nitrogens is 1. The van der Waals surface area contributed by atoms with E-state index in [1.807, 2.05) is 44.1 Å². The van der Waals surface area contributed by atoms with Gasteiger partial charge < -0.3 is 19.3 Å². The maximum absolute atomic E-state index is 15.5. The Bertz CT molecular complexity index is 1200. The number of carbonyl (C=O) groups is 2. The molecule has 1 N–H and O–H groups in total. The monoisotopic (exact) mass is 458 g/mol. The molecule has 0 amide bonds. The van der Waals surface area contributed by atoms with E-state index in [0.717, 1.165) is 12.0 Å². The summed E-state index contributed by atoms with van der Waals surface area (Å²) in [4.78, 5) is 38.7. The van der Waals surface area contributed by atoms with Gasteiger partial charge in [0.2, 0.25) is 5.43 Å². The molecule has 0 bridgehead atoms. The highest BCUT2D eigenvalue weighted by molar-refractivity contribution is 5.95. The number of aromatic carboxylic acids is 1. The molecule has 178 valence electrons. The average molecular weight is 459 g/mol. The highest BCUT2D eigenvalue weighted by atomic mass is 19.1. The first kappa shape index (κ1) is 23.3. The van der Waals surface area contributed by atoms with E-state index in [0.29, 0.717) is 37.1 Å². The Morgan fingerprint density at radius 2 is 1.91 bits per heavy atom. The third kappa shape index (κ3) is 4.00. The van der Waals surface area contributed by atoms with Crippen LogP contribution < -0.4 is 10.3 Å². The number of pyridine rings is 1. The number of carbonyl (C=O) groups excluding carboxylic acids is 1. The Morgan fingerprint density at radius 3 is 2.52 bits per heavy atom. The van der Waals surface area contributed by atoms with Crippen LogP contribution in [0.1, 0.15) is 69.4 Å². The predicted octanol–water partition coefficient (Wildman–Crippen LogP) is 4.15. The molecule has 0 radical (unpaired) electrons. The van der Waals surface area contributed by atoms with Crippen LogP contribution in [0.4, 0.5) is 10.1 Å². The lowest BCUT2D eigenvalue weighted by Gasteiger charge is -2.40. The summed E-state index contributed by atoms with van der Waals surface area (Å²) in [6.45, 7) is 10.5. The summed E-state index contributed by atoms with van der Waals surface area (Å²) in [6, 6.07) is 1.19. The van der Waals surface area contributed by atoms with E-state index < -0.39 is 22.6 Å². The Hall–Kier alpha value is -2.90. The van der Waals surface area contributed by atoms with Crippen LogP contribution in [-0.4, -0.2) is 40.8 Å². The third-order valence-electron chi connectivity index (χ3n) is 6.87. The molecule has 0 aliphatic carbocycles. The minimum Gasteiger partial charge on any atom is -0.477 e. The van der Waals surface area contributed by atoms with Crippen LogP contribution in [0, 0.1) is 17.2 Å². The molecule has 2 aromatic rings. The van der Waals surface area contributed by atoms with Gasteiger partial charge in [-0.2, -0.15) is 0 Å². The molecule has 33 heavy (non-hydrogen) atoms. The minimum atomic E-state index is -1.31. The fourth-order valence-electron chi connectivity index (χ4n) is 4.95. The van der Waals surface area contributed by atoms with E-state index in [1.165, 1.54) is 12.3 Å². The van der Waals surface area contributed by atoms with Gasteiger partial charge in [-0.05, 0) is 46.6 Å². The fraction of sp³-hybridized carbons (Fsp3) is 0.560. The Morgan fingerprint density at radius 1 is 1.21 bits per heavy atom. The highest BCUT2D eigenvalue weighted by Crippen LogP contribution is 2.39. The summed E-state index contributed by atoms with van der Waals surface area (Å²) in [5, 5.41) is 9.57. The fourth-order valence-corrected chi connectivity index (χ4v) is 4.95. The number of esters is 1. The first-order chi connectivity index (χ1) is 15.4. The molecule has 2 aliphatic heterocycles. The largest absolute Gasteiger partial charge is 0.477 e. The summed E-state index contributed by atoms with van der Waals surface area (Å²) in [7, 11) is 0. The molecule has 1 aromatic heterocycles. The van der Waals surface area contributed by atoms with Gasteiger partial charge in [0.05, 0.1) is 16.6 Å². The van der Waals surface area contributed by atoms with Crippen LogP contribution in [0.3, 0.4) is 0 Å². The van der Waals surface area contributed by atoms with Crippen molar-refractivity contribution < 1.29 is 23.8 Å². The number of halogens is 1. The summed E-state index contributed by atoms with van der Waals surface area (Å²) < 4.78 is 23.0. The molecule has 3 atom stereocenters. The average Bonchev–Trinajstić information content (AvgIpc) is 2.72. The van der Waals surface area contributed by atoms with Crippen LogP contribution in [0.15, 0.2) is 17.1 Å². The van der Waals surface area contributed by atoms with Crippen LogP contribution in [0.5, 0.6) is 0 Å². The van der Waals surface area contributed by atoms with Crippen molar-refractivity contribution in [2.24, 2.45) is 11.3 Å². The van der Waals surface area contributed by atoms with Crippen LogP contribution >= 0.6 is 0 Å². The number of rotatable bonds is 3. The molecule has 1 aromatic carbocycles. The number of hydrogen-bond donors (Lipinski definition) is 1. The molecule has 1 fully saturated rings. The molecule has 7 nitrogen and oxygen atoms in total. The molecular weight excluding hydrogens is 427 g/mol. The smallest absolute Gasteiger partial charge is 0.341 e. The number of hydrogen-bond acceptors (Lipinski definition) is 5. The number of benzene rings is 1. The summed E-state index contributed by atoms with van der Waals surface area (Å²) in [5.41, 5.74) is 0.252. The highest BCUT2D eigenvalue weighted by Gasteiger charge is 2.35. The van der Waals surface area contributed by atoms with E-state index in [-0.39, 0.29) is 35.0 Å². The number of aryl methyl sites for hydroxylation is 1. The van der Waals surface area contributed by atoms with Gasteiger partial charge in [0.25, 0.3) is 0 Å². The van der Waals surface area contributed by atoms with E-state index >= 15 is 4.39 Å². The van der Waals surface area contributed by atoms with Gasteiger partial charge in [0.1, 0.15) is 17.5 Å². The summed E-state index contributed by atoms with van der Waals surface area (Å²) in [5.74, 6) is -2.07. The van der Waals surface area contributed by atoms with Crippen LogP contribution in [0.2, 0.25) is 0 Å². The summed E-state index contributed by atoms with van der Waals surface area (Å²) >= 11 is 0. The number of piperidine rings is 1. The molecule has 4 rings (SSSR count). The number of nitrogens with zero attached hydrogens (tertiary/aromatic N) is 2. The van der Waals surface area contributed by atoms with Crippen molar-refractivity contribution in [2.45, 2.75) is 66.0 Å². The zero-order chi connectivity index (χ0) is 24.2. The normalized spacial score (nSPS) is 23.0.